The molecule has 5 nitrogen and oxygen atoms in total. The van der Waals surface area contributed by atoms with Crippen LogP contribution in [0, 0.1) is 5.92 Å². The van der Waals surface area contributed by atoms with Gasteiger partial charge < -0.3 is 10.3 Å². The van der Waals surface area contributed by atoms with E-state index in [4.69, 9.17) is 5.73 Å². The highest BCUT2D eigenvalue weighted by Crippen LogP contribution is 2.40. The second kappa shape index (κ2) is 5.80. The molecule has 0 fully saturated rings. The minimum atomic E-state index is 0.549. The highest BCUT2D eigenvalue weighted by molar-refractivity contribution is 6.03. The van der Waals surface area contributed by atoms with E-state index in [0.29, 0.717) is 11.7 Å². The number of fused-ring (bicyclic) bond motifs is 4. The fourth-order valence-corrected chi connectivity index (χ4v) is 4.24. The van der Waals surface area contributed by atoms with Gasteiger partial charge in [-0.05, 0) is 30.9 Å². The smallest absolute Gasteiger partial charge is 0.146 e. The first-order valence-electron chi connectivity index (χ1n) is 9.23. The number of pyridine rings is 1. The van der Waals surface area contributed by atoms with Crippen molar-refractivity contribution in [1.82, 2.24) is 19.5 Å². The summed E-state index contributed by atoms with van der Waals surface area (Å²) in [7, 11) is 0. The van der Waals surface area contributed by atoms with Gasteiger partial charge in [0.1, 0.15) is 17.8 Å². The van der Waals surface area contributed by atoms with Crippen LogP contribution in [0.15, 0.2) is 42.9 Å². The molecule has 1 atom stereocenters. The number of benzene rings is 1. The molecule has 0 radical (unpaired) electrons. The van der Waals surface area contributed by atoms with Crippen LogP contribution in [-0.2, 0) is 13.0 Å². The first kappa shape index (κ1) is 15.3. The van der Waals surface area contributed by atoms with Gasteiger partial charge in [0.25, 0.3) is 0 Å². The Morgan fingerprint density at radius 3 is 2.96 bits per heavy atom. The van der Waals surface area contributed by atoms with E-state index in [-0.39, 0.29) is 0 Å². The Kier molecular flexibility index (Phi) is 3.42. The number of hydrogen-bond acceptors (Lipinski definition) is 4. The van der Waals surface area contributed by atoms with E-state index < -0.39 is 0 Å². The maximum absolute atomic E-state index is 6.30. The number of hydrogen-bond donors (Lipinski definition) is 1. The molecule has 0 bridgehead atoms. The zero-order valence-corrected chi connectivity index (χ0v) is 14.8. The van der Waals surface area contributed by atoms with Gasteiger partial charge in [-0.25, -0.2) is 9.97 Å². The zero-order chi connectivity index (χ0) is 17.7. The molecular formula is C21H21N5. The summed E-state index contributed by atoms with van der Waals surface area (Å²) in [5.74, 6) is 1.24. The third-order valence-corrected chi connectivity index (χ3v) is 5.66. The van der Waals surface area contributed by atoms with E-state index in [9.17, 15) is 0 Å². The predicted octanol–water partition coefficient (Wildman–Crippen LogP) is 4.20. The van der Waals surface area contributed by atoms with Crippen molar-refractivity contribution in [2.24, 2.45) is 5.92 Å². The molecule has 0 aliphatic carbocycles. The molecule has 1 aliphatic heterocycles. The summed E-state index contributed by atoms with van der Waals surface area (Å²) in [6.45, 7) is 3.26. The maximum atomic E-state index is 6.30. The molecule has 0 saturated carbocycles. The number of para-hydroxylation sites is 1. The number of aromatic nitrogens is 4. The SMILES string of the molecule is CC[C@@H]1CCc2c(-c3cnc4ccccc4c3)c3c(N)ncnc3n2C1. The molecule has 2 N–H and O–H groups in total. The van der Waals surface area contributed by atoms with Gasteiger partial charge in [0.2, 0.25) is 0 Å². The molecule has 3 aromatic heterocycles. The molecular weight excluding hydrogens is 322 g/mol. The minimum Gasteiger partial charge on any atom is -0.383 e. The van der Waals surface area contributed by atoms with Crippen LogP contribution in [0.3, 0.4) is 0 Å². The van der Waals surface area contributed by atoms with Crippen LogP contribution in [0.1, 0.15) is 25.5 Å². The molecule has 0 spiro atoms. The van der Waals surface area contributed by atoms with E-state index in [1.165, 1.54) is 18.5 Å². The Hall–Kier alpha value is -2.95. The predicted molar refractivity (Wildman–Crippen MR) is 105 cm³/mol. The Labute approximate surface area is 151 Å². The summed E-state index contributed by atoms with van der Waals surface area (Å²) in [6, 6.07) is 10.4. The van der Waals surface area contributed by atoms with Crippen LogP contribution in [0.2, 0.25) is 0 Å². The van der Waals surface area contributed by atoms with E-state index in [1.54, 1.807) is 6.33 Å². The highest BCUT2D eigenvalue weighted by atomic mass is 15.1. The van der Waals surface area contributed by atoms with Gasteiger partial charge in [-0.15, -0.1) is 0 Å². The molecule has 1 aromatic carbocycles. The first-order valence-corrected chi connectivity index (χ1v) is 9.23. The molecule has 5 heteroatoms. The Morgan fingerprint density at radius 2 is 2.08 bits per heavy atom. The Balaban J connectivity index is 1.81. The Morgan fingerprint density at radius 1 is 1.19 bits per heavy atom. The summed E-state index contributed by atoms with van der Waals surface area (Å²) >= 11 is 0. The molecule has 0 unspecified atom stereocenters. The van der Waals surface area contributed by atoms with E-state index >= 15 is 0 Å². The van der Waals surface area contributed by atoms with Crippen molar-refractivity contribution in [1.29, 1.82) is 0 Å². The van der Waals surface area contributed by atoms with Crippen molar-refractivity contribution in [3.05, 3.63) is 48.5 Å². The number of nitrogens with zero attached hydrogens (tertiary/aromatic N) is 4. The monoisotopic (exact) mass is 343 g/mol. The molecule has 26 heavy (non-hydrogen) atoms. The number of nitrogens with two attached hydrogens (primary N) is 1. The third-order valence-electron chi connectivity index (χ3n) is 5.66. The maximum Gasteiger partial charge on any atom is 0.146 e. The van der Waals surface area contributed by atoms with Gasteiger partial charge in [-0.2, -0.15) is 0 Å². The van der Waals surface area contributed by atoms with Crippen LogP contribution >= 0.6 is 0 Å². The summed E-state index contributed by atoms with van der Waals surface area (Å²) < 4.78 is 2.36. The van der Waals surface area contributed by atoms with Crippen LogP contribution < -0.4 is 5.73 Å². The lowest BCUT2D eigenvalue weighted by atomic mass is 9.92. The molecule has 4 aromatic rings. The average Bonchev–Trinajstić information content (AvgIpc) is 3.02. The van der Waals surface area contributed by atoms with E-state index in [1.807, 2.05) is 24.4 Å². The summed E-state index contributed by atoms with van der Waals surface area (Å²) in [4.78, 5) is 13.5. The lowest BCUT2D eigenvalue weighted by Gasteiger charge is -2.24. The van der Waals surface area contributed by atoms with Crippen molar-refractivity contribution < 1.29 is 0 Å². The molecule has 0 saturated heterocycles. The van der Waals surface area contributed by atoms with Gasteiger partial charge >= 0.3 is 0 Å². The lowest BCUT2D eigenvalue weighted by molar-refractivity contribution is 0.366. The van der Waals surface area contributed by atoms with Crippen LogP contribution in [0.4, 0.5) is 5.82 Å². The fraction of sp³-hybridized carbons (Fsp3) is 0.286. The largest absolute Gasteiger partial charge is 0.383 e. The second-order valence-electron chi connectivity index (χ2n) is 7.12. The first-order chi connectivity index (χ1) is 12.8. The molecule has 5 rings (SSSR count). The van der Waals surface area contributed by atoms with Crippen molar-refractivity contribution in [2.45, 2.75) is 32.7 Å². The molecule has 0 amide bonds. The number of rotatable bonds is 2. The van der Waals surface area contributed by atoms with Gasteiger partial charge in [-0.3, -0.25) is 4.98 Å². The van der Waals surface area contributed by atoms with Gasteiger partial charge in [-0.1, -0.05) is 31.5 Å². The number of anilines is 1. The number of nitrogen functional groups attached to an aromatic ring is 1. The van der Waals surface area contributed by atoms with Crippen molar-refractivity contribution in [3.63, 3.8) is 0 Å². The Bertz CT molecular complexity index is 1130. The quantitative estimate of drug-likeness (QED) is 0.592. The van der Waals surface area contributed by atoms with Gasteiger partial charge in [0.15, 0.2) is 0 Å². The minimum absolute atomic E-state index is 0.549. The van der Waals surface area contributed by atoms with E-state index in [0.717, 1.165) is 46.0 Å². The topological polar surface area (TPSA) is 69.6 Å². The van der Waals surface area contributed by atoms with Crippen LogP contribution in [0.5, 0.6) is 0 Å². The zero-order valence-electron chi connectivity index (χ0n) is 14.8. The second-order valence-corrected chi connectivity index (χ2v) is 7.12. The molecule has 130 valence electrons. The van der Waals surface area contributed by atoms with Gasteiger partial charge in [0, 0.05) is 34.9 Å². The highest BCUT2D eigenvalue weighted by Gasteiger charge is 2.27. The lowest BCUT2D eigenvalue weighted by Crippen LogP contribution is -2.19. The van der Waals surface area contributed by atoms with Gasteiger partial charge in [0.05, 0.1) is 10.9 Å². The molecule has 4 heterocycles. The average molecular weight is 343 g/mol. The van der Waals surface area contributed by atoms with E-state index in [2.05, 4.69) is 38.6 Å². The third kappa shape index (κ3) is 2.20. The van der Waals surface area contributed by atoms with Crippen molar-refractivity contribution in [2.75, 3.05) is 5.73 Å². The van der Waals surface area contributed by atoms with Crippen LogP contribution in [-0.4, -0.2) is 19.5 Å². The van der Waals surface area contributed by atoms with Crippen LogP contribution in [0.25, 0.3) is 33.1 Å². The van der Waals surface area contributed by atoms with Crippen molar-refractivity contribution >= 4 is 27.8 Å². The van der Waals surface area contributed by atoms with Crippen molar-refractivity contribution in [3.8, 4) is 11.1 Å². The standard InChI is InChI=1S/C21H21N5/c1-2-13-7-8-17-18(15-9-14-5-3-4-6-16(14)23-10-15)19-20(22)24-12-25-21(19)26(17)11-13/h3-6,9-10,12-13H,2,7-8,11H2,1H3,(H2,22,24,25)/t13-/m1/s1. The molecule has 1 aliphatic rings. The summed E-state index contributed by atoms with van der Waals surface area (Å²) in [5.41, 5.74) is 11.8. The summed E-state index contributed by atoms with van der Waals surface area (Å²) in [5, 5.41) is 2.10. The fourth-order valence-electron chi connectivity index (χ4n) is 4.24. The summed E-state index contributed by atoms with van der Waals surface area (Å²) in [6.07, 6.45) is 6.95. The normalized spacial score (nSPS) is 16.9.